The molecular formula is C18H24O5. The minimum absolute atomic E-state index is 0.00860. The van der Waals surface area contributed by atoms with E-state index in [-0.39, 0.29) is 18.5 Å². The van der Waals surface area contributed by atoms with E-state index < -0.39 is 5.79 Å². The number of hydrogen-bond donors (Lipinski definition) is 0. The highest BCUT2D eigenvalue weighted by Gasteiger charge is 2.37. The maximum Gasteiger partial charge on any atom is 0.188 e. The molecule has 3 rings (SSSR count). The molecule has 0 aromatic heterocycles. The third kappa shape index (κ3) is 3.58. The lowest BCUT2D eigenvalue weighted by atomic mass is 10.0. The van der Waals surface area contributed by atoms with Crippen LogP contribution in [0.15, 0.2) is 24.3 Å². The van der Waals surface area contributed by atoms with Crippen LogP contribution in [0.3, 0.4) is 0 Å². The minimum Gasteiger partial charge on any atom is -0.496 e. The first kappa shape index (κ1) is 16.5. The van der Waals surface area contributed by atoms with Crippen molar-refractivity contribution >= 4 is 6.08 Å². The van der Waals surface area contributed by atoms with Crippen molar-refractivity contribution < 1.29 is 23.7 Å². The fourth-order valence-corrected chi connectivity index (χ4v) is 3.02. The van der Waals surface area contributed by atoms with Gasteiger partial charge in [0.15, 0.2) is 12.1 Å². The predicted molar refractivity (Wildman–Crippen MR) is 86.2 cm³/mol. The van der Waals surface area contributed by atoms with Crippen LogP contribution < -0.4 is 4.74 Å². The van der Waals surface area contributed by atoms with Crippen molar-refractivity contribution in [1.82, 2.24) is 0 Å². The first-order valence-electron chi connectivity index (χ1n) is 7.94. The van der Waals surface area contributed by atoms with E-state index in [4.69, 9.17) is 23.7 Å². The molecule has 0 spiro atoms. The van der Waals surface area contributed by atoms with Crippen molar-refractivity contribution in [3.05, 3.63) is 35.4 Å². The Hall–Kier alpha value is -1.40. The Balaban J connectivity index is 1.86. The van der Waals surface area contributed by atoms with E-state index in [0.717, 1.165) is 16.9 Å². The molecule has 2 aliphatic rings. The molecule has 1 aromatic rings. The second-order valence-electron chi connectivity index (χ2n) is 6.20. The number of methoxy groups -OCH3 is 1. The van der Waals surface area contributed by atoms with Gasteiger partial charge in [-0.05, 0) is 32.4 Å². The van der Waals surface area contributed by atoms with Crippen LogP contribution in [0.5, 0.6) is 5.75 Å². The Labute approximate surface area is 137 Å². The van der Waals surface area contributed by atoms with Gasteiger partial charge in [-0.2, -0.15) is 0 Å². The summed E-state index contributed by atoms with van der Waals surface area (Å²) in [5.41, 5.74) is 1.91. The molecule has 2 aliphatic heterocycles. The highest BCUT2D eigenvalue weighted by molar-refractivity contribution is 5.59. The summed E-state index contributed by atoms with van der Waals surface area (Å²) in [5.74, 6) is 0.208. The van der Waals surface area contributed by atoms with Crippen LogP contribution in [0.2, 0.25) is 0 Å². The SMILES string of the molecule is COc1cccc(/C=C\[C@@H]2OC(C)(C)O[C@H]2C)c1C1OCCO1. The Morgan fingerprint density at radius 3 is 2.52 bits per heavy atom. The number of ether oxygens (including phenoxy) is 5. The summed E-state index contributed by atoms with van der Waals surface area (Å²) in [4.78, 5) is 0. The molecule has 1 aromatic carbocycles. The lowest BCUT2D eigenvalue weighted by Crippen LogP contribution is -2.20. The zero-order valence-corrected chi connectivity index (χ0v) is 14.1. The zero-order chi connectivity index (χ0) is 16.4. The molecule has 0 bridgehead atoms. The fourth-order valence-electron chi connectivity index (χ4n) is 3.02. The zero-order valence-electron chi connectivity index (χ0n) is 14.1. The summed E-state index contributed by atoms with van der Waals surface area (Å²) >= 11 is 0. The van der Waals surface area contributed by atoms with Crippen LogP contribution in [-0.2, 0) is 18.9 Å². The molecule has 5 heteroatoms. The molecule has 126 valence electrons. The van der Waals surface area contributed by atoms with Crippen LogP contribution in [0.4, 0.5) is 0 Å². The topological polar surface area (TPSA) is 46.2 Å². The first-order chi connectivity index (χ1) is 11.0. The van der Waals surface area contributed by atoms with Gasteiger partial charge < -0.3 is 23.7 Å². The maximum absolute atomic E-state index is 5.90. The van der Waals surface area contributed by atoms with E-state index >= 15 is 0 Å². The maximum atomic E-state index is 5.90. The van der Waals surface area contributed by atoms with Crippen LogP contribution in [0.1, 0.15) is 38.2 Å². The van der Waals surface area contributed by atoms with Gasteiger partial charge in [0.25, 0.3) is 0 Å². The van der Waals surface area contributed by atoms with Gasteiger partial charge in [-0.25, -0.2) is 0 Å². The lowest BCUT2D eigenvalue weighted by molar-refractivity contribution is -0.141. The van der Waals surface area contributed by atoms with Crippen molar-refractivity contribution in [2.45, 2.75) is 45.1 Å². The van der Waals surface area contributed by atoms with Gasteiger partial charge >= 0.3 is 0 Å². The third-order valence-corrected chi connectivity index (χ3v) is 3.99. The summed E-state index contributed by atoms with van der Waals surface area (Å²) in [6.07, 6.45) is 3.57. The minimum atomic E-state index is -0.552. The largest absolute Gasteiger partial charge is 0.496 e. The Kier molecular flexibility index (Phi) is 4.73. The summed E-state index contributed by atoms with van der Waals surface area (Å²) in [5, 5.41) is 0. The second-order valence-corrected chi connectivity index (χ2v) is 6.20. The molecule has 0 aliphatic carbocycles. The van der Waals surface area contributed by atoms with Crippen molar-refractivity contribution in [1.29, 1.82) is 0 Å². The molecule has 5 nitrogen and oxygen atoms in total. The normalized spacial score (nSPS) is 27.8. The van der Waals surface area contributed by atoms with E-state index in [1.165, 1.54) is 0 Å². The average molecular weight is 320 g/mol. The smallest absolute Gasteiger partial charge is 0.188 e. The van der Waals surface area contributed by atoms with E-state index in [0.29, 0.717) is 13.2 Å². The summed E-state index contributed by atoms with van der Waals surface area (Å²) < 4.78 is 28.5. The molecule has 0 amide bonds. The highest BCUT2D eigenvalue weighted by Crippen LogP contribution is 2.35. The van der Waals surface area contributed by atoms with Crippen molar-refractivity contribution in [2.75, 3.05) is 20.3 Å². The van der Waals surface area contributed by atoms with Gasteiger partial charge in [0.1, 0.15) is 11.9 Å². The number of rotatable bonds is 4. The van der Waals surface area contributed by atoms with Crippen molar-refractivity contribution in [3.63, 3.8) is 0 Å². The molecule has 0 unspecified atom stereocenters. The Morgan fingerprint density at radius 1 is 1.17 bits per heavy atom. The predicted octanol–water partition coefficient (Wildman–Crippen LogP) is 3.29. The quantitative estimate of drug-likeness (QED) is 0.852. The van der Waals surface area contributed by atoms with E-state index in [2.05, 4.69) is 0 Å². The standard InChI is InChI=1S/C18H24O5/c1-12-14(23-18(2,3)22-12)9-8-13-6-5-7-15(19-4)16(13)17-20-10-11-21-17/h5-9,12,14,17H,10-11H2,1-4H3/b9-8-/t12-,14-/m0/s1. The average Bonchev–Trinajstić information content (AvgIpc) is 3.12. The van der Waals surface area contributed by atoms with Crippen LogP contribution in [0, 0.1) is 0 Å². The monoisotopic (exact) mass is 320 g/mol. The summed E-state index contributed by atoms with van der Waals surface area (Å²) in [7, 11) is 1.65. The Morgan fingerprint density at radius 2 is 1.91 bits per heavy atom. The molecule has 2 atom stereocenters. The van der Waals surface area contributed by atoms with E-state index in [1.54, 1.807) is 7.11 Å². The molecule has 2 heterocycles. The van der Waals surface area contributed by atoms with Gasteiger partial charge in [-0.1, -0.05) is 24.3 Å². The van der Waals surface area contributed by atoms with Gasteiger partial charge in [0, 0.05) is 0 Å². The number of hydrogen-bond acceptors (Lipinski definition) is 5. The lowest BCUT2D eigenvalue weighted by Gasteiger charge is -2.17. The van der Waals surface area contributed by atoms with Crippen LogP contribution in [-0.4, -0.2) is 38.3 Å². The van der Waals surface area contributed by atoms with Crippen LogP contribution >= 0.6 is 0 Å². The second kappa shape index (κ2) is 6.61. The molecule has 2 fully saturated rings. The van der Waals surface area contributed by atoms with Crippen molar-refractivity contribution in [3.8, 4) is 5.75 Å². The van der Waals surface area contributed by atoms with Gasteiger partial charge in [0.05, 0.1) is 32.0 Å². The first-order valence-corrected chi connectivity index (χ1v) is 7.94. The molecule has 0 radical (unpaired) electrons. The molecule has 0 saturated carbocycles. The summed E-state index contributed by atoms with van der Waals surface area (Å²) in [6.45, 7) is 7.05. The summed E-state index contributed by atoms with van der Waals surface area (Å²) in [6, 6.07) is 5.89. The molecular weight excluding hydrogens is 296 g/mol. The molecule has 2 saturated heterocycles. The molecule has 0 N–H and O–H groups in total. The van der Waals surface area contributed by atoms with Crippen molar-refractivity contribution in [2.24, 2.45) is 0 Å². The van der Waals surface area contributed by atoms with E-state index in [9.17, 15) is 0 Å². The van der Waals surface area contributed by atoms with E-state index in [1.807, 2.05) is 51.1 Å². The van der Waals surface area contributed by atoms with Crippen LogP contribution in [0.25, 0.3) is 6.08 Å². The fraction of sp³-hybridized carbons (Fsp3) is 0.556. The van der Waals surface area contributed by atoms with Gasteiger partial charge in [-0.15, -0.1) is 0 Å². The Bertz CT molecular complexity index is 575. The van der Waals surface area contributed by atoms with Gasteiger partial charge in [-0.3, -0.25) is 0 Å². The number of benzene rings is 1. The highest BCUT2D eigenvalue weighted by atomic mass is 16.7. The third-order valence-electron chi connectivity index (χ3n) is 3.99. The van der Waals surface area contributed by atoms with Gasteiger partial charge in [0.2, 0.25) is 0 Å². The molecule has 23 heavy (non-hydrogen) atoms.